The van der Waals surface area contributed by atoms with Crippen LogP contribution in [-0.2, 0) is 0 Å². The zero-order valence-corrected chi connectivity index (χ0v) is 50.9. The van der Waals surface area contributed by atoms with Crippen LogP contribution in [0.3, 0.4) is 0 Å². The van der Waals surface area contributed by atoms with Crippen molar-refractivity contribution < 1.29 is 9.47 Å². The highest BCUT2D eigenvalue weighted by atomic mass is 16.5. The minimum atomic E-state index is 0.848. The van der Waals surface area contributed by atoms with Gasteiger partial charge in [0, 0.05) is 77.0 Å². The Kier molecular flexibility index (Phi) is 17.0. The lowest BCUT2D eigenvalue weighted by atomic mass is 10.0. The molecule has 0 atom stereocenters. The number of ether oxygens (including phenoxy) is 2. The first-order valence-corrected chi connectivity index (χ1v) is 30.4. The first-order valence-electron chi connectivity index (χ1n) is 30.4. The van der Waals surface area contributed by atoms with E-state index in [1.165, 1.54) is 66.1 Å². The molecule has 14 rings (SSSR count). The van der Waals surface area contributed by atoms with E-state index in [1.54, 1.807) is 14.2 Å². The highest BCUT2D eigenvalue weighted by Crippen LogP contribution is 2.41. The van der Waals surface area contributed by atoms with Gasteiger partial charge in [0.05, 0.1) is 14.2 Å². The van der Waals surface area contributed by atoms with E-state index >= 15 is 0 Å². The first kappa shape index (κ1) is 57.5. The van der Waals surface area contributed by atoms with Crippen molar-refractivity contribution in [2.75, 3.05) is 47.9 Å². The van der Waals surface area contributed by atoms with Gasteiger partial charge in [0.25, 0.3) is 0 Å². The zero-order valence-electron chi connectivity index (χ0n) is 50.9. The van der Waals surface area contributed by atoms with E-state index in [2.05, 4.69) is 343 Å². The van der Waals surface area contributed by atoms with Crippen LogP contribution in [0.15, 0.2) is 340 Å². The van der Waals surface area contributed by atoms with Gasteiger partial charge in [0.2, 0.25) is 0 Å². The fraction of sp³-hybridized carbons (Fsp3) is 0.0476. The lowest BCUT2D eigenvalue weighted by molar-refractivity contribution is 0.415. The molecule has 0 saturated carbocycles. The molecular weight excluding hydrogens is 1100 g/mol. The van der Waals surface area contributed by atoms with E-state index in [4.69, 9.17) is 9.47 Å². The van der Waals surface area contributed by atoms with Crippen LogP contribution < -0.4 is 29.1 Å². The van der Waals surface area contributed by atoms with Gasteiger partial charge in [-0.05, 0) is 200 Å². The van der Waals surface area contributed by atoms with Gasteiger partial charge in [0.1, 0.15) is 11.5 Å². The number of anilines is 10. The third kappa shape index (κ3) is 12.8. The van der Waals surface area contributed by atoms with Crippen molar-refractivity contribution in [1.82, 2.24) is 0 Å². The van der Waals surface area contributed by atoms with Crippen LogP contribution in [0.2, 0.25) is 0 Å². The van der Waals surface area contributed by atoms with E-state index in [-0.39, 0.29) is 0 Å². The molecule has 14 aromatic rings. The van der Waals surface area contributed by atoms with Gasteiger partial charge in [-0.1, -0.05) is 200 Å². The Morgan fingerprint density at radius 2 is 0.467 bits per heavy atom. The van der Waals surface area contributed by atoms with Crippen molar-refractivity contribution in [3.8, 4) is 56.0 Å². The maximum absolute atomic E-state index is 5.41. The Bertz CT molecular complexity index is 4660. The molecule has 6 nitrogen and oxygen atoms in total. The fourth-order valence-electron chi connectivity index (χ4n) is 11.7. The molecule has 0 heterocycles. The molecule has 0 saturated heterocycles. The Labute approximate surface area is 528 Å². The minimum Gasteiger partial charge on any atom is -0.497 e. The smallest absolute Gasteiger partial charge is 0.120 e. The molecule has 0 aliphatic carbocycles. The van der Waals surface area contributed by atoms with Crippen molar-refractivity contribution in [3.63, 3.8) is 0 Å². The molecule has 0 N–H and O–H groups in total. The Morgan fingerprint density at radius 3 is 0.811 bits per heavy atom. The summed E-state index contributed by atoms with van der Waals surface area (Å²) in [6, 6.07) is 120. The molecule has 0 amide bonds. The first-order chi connectivity index (χ1) is 44.3. The molecule has 0 aliphatic heterocycles. The Balaban J connectivity index is 0.000000165. The number of benzene rings is 14. The summed E-state index contributed by atoms with van der Waals surface area (Å²) < 4.78 is 10.7. The summed E-state index contributed by atoms with van der Waals surface area (Å²) in [5, 5.41) is 4.90. The van der Waals surface area contributed by atoms with E-state index in [1.807, 2.05) is 30.3 Å². The number of hydrogen-bond acceptors (Lipinski definition) is 6. The maximum atomic E-state index is 5.41. The topological polar surface area (TPSA) is 31.4 Å². The van der Waals surface area contributed by atoms with Gasteiger partial charge in [-0.3, -0.25) is 0 Å². The molecule has 0 fully saturated rings. The van der Waals surface area contributed by atoms with Crippen LogP contribution in [-0.4, -0.2) is 28.3 Å². The Hall–Kier alpha value is -11.6. The summed E-state index contributed by atoms with van der Waals surface area (Å²) in [5.74, 6) is 1.70. The van der Waals surface area contributed by atoms with Crippen molar-refractivity contribution in [2.24, 2.45) is 0 Å². The van der Waals surface area contributed by atoms with E-state index in [0.29, 0.717) is 0 Å². The second-order valence-electron chi connectivity index (χ2n) is 22.3. The summed E-state index contributed by atoms with van der Waals surface area (Å²) in [6.07, 6.45) is 0. The van der Waals surface area contributed by atoms with Gasteiger partial charge in [0.15, 0.2) is 0 Å². The predicted molar refractivity (Wildman–Crippen MR) is 381 cm³/mol. The van der Waals surface area contributed by atoms with Gasteiger partial charge in [-0.15, -0.1) is 0 Å². The SMILES string of the molecule is COc1ccc(N(C)c2ccc(-c3ccc(N(c4ccc(-c5ccccc5)cc4)c4ccc5ccccc5c4)cc3)cc2)cc1.COc1cccc(N(C)c2ccc(-c3ccc(N(c4ccc(-c5ccccc5)cc4)c4ccc5ccccc5c4)cc3)cc2)c1. The summed E-state index contributed by atoms with van der Waals surface area (Å²) >= 11 is 0. The van der Waals surface area contributed by atoms with Crippen LogP contribution in [0.4, 0.5) is 56.9 Å². The van der Waals surface area contributed by atoms with Crippen LogP contribution >= 0.6 is 0 Å². The summed E-state index contributed by atoms with van der Waals surface area (Å²) in [4.78, 5) is 9.01. The molecule has 436 valence electrons. The summed E-state index contributed by atoms with van der Waals surface area (Å²) in [6.45, 7) is 0. The molecule has 0 aliphatic rings. The number of hydrogen-bond donors (Lipinski definition) is 0. The van der Waals surface area contributed by atoms with Crippen molar-refractivity contribution in [3.05, 3.63) is 340 Å². The van der Waals surface area contributed by atoms with Gasteiger partial charge in [-0.2, -0.15) is 0 Å². The Morgan fingerprint density at radius 1 is 0.189 bits per heavy atom. The third-order valence-electron chi connectivity index (χ3n) is 16.8. The van der Waals surface area contributed by atoms with Crippen LogP contribution in [0, 0.1) is 0 Å². The molecule has 90 heavy (non-hydrogen) atoms. The van der Waals surface area contributed by atoms with Gasteiger partial charge in [-0.25, -0.2) is 0 Å². The molecule has 6 heteroatoms. The highest BCUT2D eigenvalue weighted by Gasteiger charge is 2.17. The minimum absolute atomic E-state index is 0.848. The molecule has 0 unspecified atom stereocenters. The number of fused-ring (bicyclic) bond motifs is 2. The average Bonchev–Trinajstić information content (AvgIpc) is 1.56. The number of methoxy groups -OCH3 is 2. The lowest BCUT2D eigenvalue weighted by Gasteiger charge is -2.26. The molecule has 0 spiro atoms. The van der Waals surface area contributed by atoms with Crippen LogP contribution in [0.1, 0.15) is 0 Å². The molecule has 0 radical (unpaired) electrons. The van der Waals surface area contributed by atoms with E-state index < -0.39 is 0 Å². The molecule has 0 aromatic heterocycles. The van der Waals surface area contributed by atoms with Gasteiger partial charge >= 0.3 is 0 Å². The standard InChI is InChI=1S/2C42H34N2O/c1-43(40-13-8-14-42(30-40)45-2)37-22-15-34(16-23-37)35-19-26-39(27-20-35)44(41-28-21-32-11-6-7-12-36(32)29-41)38-24-17-33(18-25-38)31-9-4-3-5-10-31;1-43(38-26-28-42(45-2)29-27-38)37-19-12-34(13-20-37)35-16-23-40(24-17-35)44(41-25-18-32-10-6-7-11-36(32)30-41)39-21-14-33(15-22-39)31-8-4-3-5-9-31/h2*3-30H,1-2H3. The third-order valence-corrected chi connectivity index (χ3v) is 16.8. The number of nitrogens with zero attached hydrogens (tertiary/aromatic N) is 4. The molecule has 14 aromatic carbocycles. The predicted octanol–water partition coefficient (Wildman–Crippen LogP) is 22.8. The lowest BCUT2D eigenvalue weighted by Crippen LogP contribution is -2.10. The fourth-order valence-corrected chi connectivity index (χ4v) is 11.7. The van der Waals surface area contributed by atoms with E-state index in [0.717, 1.165) is 68.4 Å². The van der Waals surface area contributed by atoms with E-state index in [9.17, 15) is 0 Å². The number of rotatable bonds is 16. The van der Waals surface area contributed by atoms with Crippen molar-refractivity contribution in [1.29, 1.82) is 0 Å². The van der Waals surface area contributed by atoms with Crippen LogP contribution in [0.25, 0.3) is 66.1 Å². The van der Waals surface area contributed by atoms with Crippen LogP contribution in [0.5, 0.6) is 11.5 Å². The average molecular weight is 1170 g/mol. The second kappa shape index (κ2) is 26.6. The zero-order chi connectivity index (χ0) is 61.2. The molecule has 0 bridgehead atoms. The van der Waals surface area contributed by atoms with Crippen molar-refractivity contribution in [2.45, 2.75) is 0 Å². The highest BCUT2D eigenvalue weighted by molar-refractivity contribution is 5.92. The van der Waals surface area contributed by atoms with Gasteiger partial charge < -0.3 is 29.1 Å². The van der Waals surface area contributed by atoms with Crippen molar-refractivity contribution >= 4 is 78.4 Å². The summed E-state index contributed by atoms with van der Waals surface area (Å²) in [7, 11) is 7.54. The monoisotopic (exact) mass is 1160 g/mol. The second-order valence-corrected chi connectivity index (χ2v) is 22.3. The normalized spacial score (nSPS) is 10.9. The summed E-state index contributed by atoms with van der Waals surface area (Å²) in [5.41, 5.74) is 20.7. The quantitative estimate of drug-likeness (QED) is 0.0958. The largest absolute Gasteiger partial charge is 0.497 e. The maximum Gasteiger partial charge on any atom is 0.120 e. The molecular formula is C84H68N4O2.